The second kappa shape index (κ2) is 5.22. The molecule has 1 aliphatic heterocycles. The van der Waals surface area contributed by atoms with E-state index in [1.54, 1.807) is 6.20 Å². The van der Waals surface area contributed by atoms with Gasteiger partial charge in [0.15, 0.2) is 0 Å². The molecule has 4 N–H and O–H groups in total. The third-order valence-electron chi connectivity index (χ3n) is 3.37. The van der Waals surface area contributed by atoms with Crippen molar-refractivity contribution in [2.24, 2.45) is 5.73 Å². The van der Waals surface area contributed by atoms with E-state index in [-0.39, 0.29) is 11.9 Å². The summed E-state index contributed by atoms with van der Waals surface area (Å²) in [5.74, 6) is 0.657. The van der Waals surface area contributed by atoms with Gasteiger partial charge < -0.3 is 16.4 Å². The maximum Gasteiger partial charge on any atom is 0.234 e. The molecule has 1 saturated heterocycles. The molecule has 0 spiro atoms. The number of aromatic nitrogens is 1. The number of carbonyl (C=O) groups is 1. The van der Waals surface area contributed by atoms with Gasteiger partial charge in [-0.05, 0) is 19.1 Å². The Morgan fingerprint density at radius 1 is 1.33 bits per heavy atom. The normalized spacial score (nSPS) is 18.6. The highest BCUT2D eigenvalue weighted by molar-refractivity contribution is 5.79. The molecule has 1 fully saturated rings. The summed E-state index contributed by atoms with van der Waals surface area (Å²) in [6.45, 7) is 5.16. The molecule has 0 bridgehead atoms. The quantitative estimate of drug-likeness (QED) is 0.765. The lowest BCUT2D eigenvalue weighted by molar-refractivity contribution is -0.122. The number of nitrogens with two attached hydrogens (primary N) is 2. The third kappa shape index (κ3) is 2.70. The fourth-order valence-corrected chi connectivity index (χ4v) is 2.10. The Morgan fingerprint density at radius 3 is 2.50 bits per heavy atom. The molecule has 1 unspecified atom stereocenters. The van der Waals surface area contributed by atoms with E-state index in [0.29, 0.717) is 5.69 Å². The van der Waals surface area contributed by atoms with Gasteiger partial charge in [0, 0.05) is 26.2 Å². The van der Waals surface area contributed by atoms with Crippen LogP contribution in [0.1, 0.15) is 6.92 Å². The molecule has 0 aromatic carbocycles. The van der Waals surface area contributed by atoms with E-state index in [9.17, 15) is 4.79 Å². The lowest BCUT2D eigenvalue weighted by Gasteiger charge is -2.37. The fourth-order valence-electron chi connectivity index (χ4n) is 2.10. The molecule has 1 aliphatic rings. The van der Waals surface area contributed by atoms with Crippen LogP contribution in [0, 0.1) is 0 Å². The van der Waals surface area contributed by atoms with Gasteiger partial charge >= 0.3 is 0 Å². The number of anilines is 2. The monoisotopic (exact) mass is 249 g/mol. The molecule has 2 rings (SSSR count). The van der Waals surface area contributed by atoms with Gasteiger partial charge in [-0.2, -0.15) is 0 Å². The van der Waals surface area contributed by atoms with Crippen molar-refractivity contribution in [2.75, 3.05) is 36.8 Å². The number of amides is 1. The van der Waals surface area contributed by atoms with E-state index in [4.69, 9.17) is 11.5 Å². The van der Waals surface area contributed by atoms with Gasteiger partial charge in [-0.3, -0.25) is 9.69 Å². The summed E-state index contributed by atoms with van der Waals surface area (Å²) in [5.41, 5.74) is 11.6. The molecule has 0 saturated carbocycles. The summed E-state index contributed by atoms with van der Waals surface area (Å²) < 4.78 is 0. The third-order valence-corrected chi connectivity index (χ3v) is 3.37. The molecular weight excluding hydrogens is 230 g/mol. The van der Waals surface area contributed by atoms with Crippen molar-refractivity contribution in [1.29, 1.82) is 0 Å². The van der Waals surface area contributed by atoms with Crippen molar-refractivity contribution in [3.63, 3.8) is 0 Å². The molecule has 1 aromatic heterocycles. The van der Waals surface area contributed by atoms with E-state index in [1.165, 1.54) is 0 Å². The van der Waals surface area contributed by atoms with Gasteiger partial charge in [-0.25, -0.2) is 4.98 Å². The van der Waals surface area contributed by atoms with Gasteiger partial charge in [0.25, 0.3) is 0 Å². The molecule has 2 heterocycles. The Balaban J connectivity index is 1.94. The lowest BCUT2D eigenvalue weighted by Crippen LogP contribution is -2.53. The zero-order valence-corrected chi connectivity index (χ0v) is 10.5. The molecule has 98 valence electrons. The van der Waals surface area contributed by atoms with Crippen molar-refractivity contribution >= 4 is 17.4 Å². The standard InChI is InChI=1S/C12H19N5O/c1-9(12(14)18)16-4-6-17(7-5-16)11-3-2-10(13)8-15-11/h2-3,8-9H,4-7,13H2,1H3,(H2,14,18). The zero-order chi connectivity index (χ0) is 13.1. The molecule has 1 aromatic rings. The molecule has 6 nitrogen and oxygen atoms in total. The first-order valence-corrected chi connectivity index (χ1v) is 6.08. The molecule has 1 amide bonds. The number of hydrogen-bond acceptors (Lipinski definition) is 5. The summed E-state index contributed by atoms with van der Waals surface area (Å²) in [6.07, 6.45) is 1.66. The first-order chi connectivity index (χ1) is 8.58. The number of carbonyl (C=O) groups excluding carboxylic acids is 1. The second-order valence-corrected chi connectivity index (χ2v) is 4.55. The fraction of sp³-hybridized carbons (Fsp3) is 0.500. The van der Waals surface area contributed by atoms with Crippen LogP contribution < -0.4 is 16.4 Å². The van der Waals surface area contributed by atoms with Crippen LogP contribution in [0.3, 0.4) is 0 Å². The van der Waals surface area contributed by atoms with Gasteiger partial charge in [0.2, 0.25) is 5.91 Å². The van der Waals surface area contributed by atoms with Gasteiger partial charge in [-0.15, -0.1) is 0 Å². The molecule has 1 atom stereocenters. The largest absolute Gasteiger partial charge is 0.397 e. The Labute approximate surface area is 107 Å². The van der Waals surface area contributed by atoms with Crippen molar-refractivity contribution in [3.05, 3.63) is 18.3 Å². The molecule has 0 aliphatic carbocycles. The minimum Gasteiger partial charge on any atom is -0.397 e. The number of nitrogens with zero attached hydrogens (tertiary/aromatic N) is 3. The summed E-state index contributed by atoms with van der Waals surface area (Å²) in [5, 5.41) is 0. The van der Waals surface area contributed by atoms with Crippen LogP contribution in [0.25, 0.3) is 0 Å². The smallest absolute Gasteiger partial charge is 0.234 e. The first-order valence-electron chi connectivity index (χ1n) is 6.08. The summed E-state index contributed by atoms with van der Waals surface area (Å²) in [7, 11) is 0. The predicted molar refractivity (Wildman–Crippen MR) is 71.1 cm³/mol. The highest BCUT2D eigenvalue weighted by Crippen LogP contribution is 2.15. The van der Waals surface area contributed by atoms with Gasteiger partial charge in [-0.1, -0.05) is 0 Å². The molecule has 18 heavy (non-hydrogen) atoms. The molecule has 0 radical (unpaired) electrons. The van der Waals surface area contributed by atoms with Crippen molar-refractivity contribution in [3.8, 4) is 0 Å². The van der Waals surface area contributed by atoms with Crippen LogP contribution in [0.5, 0.6) is 0 Å². The summed E-state index contributed by atoms with van der Waals surface area (Å²) in [4.78, 5) is 19.7. The average Bonchev–Trinajstić information content (AvgIpc) is 2.39. The van der Waals surface area contributed by atoms with Crippen molar-refractivity contribution in [2.45, 2.75) is 13.0 Å². The van der Waals surface area contributed by atoms with Crippen molar-refractivity contribution < 1.29 is 4.79 Å². The maximum atomic E-state index is 11.1. The van der Waals surface area contributed by atoms with E-state index in [1.807, 2.05) is 19.1 Å². The SMILES string of the molecule is CC(C(N)=O)N1CCN(c2ccc(N)cn2)CC1. The predicted octanol–water partition coefficient (Wildman–Crippen LogP) is -0.340. The summed E-state index contributed by atoms with van der Waals surface area (Å²) >= 11 is 0. The topological polar surface area (TPSA) is 88.5 Å². The maximum absolute atomic E-state index is 11.1. The van der Waals surface area contributed by atoms with Crippen LogP contribution in [-0.2, 0) is 4.79 Å². The number of piperazine rings is 1. The van der Waals surface area contributed by atoms with Crippen LogP contribution >= 0.6 is 0 Å². The number of primary amides is 1. The van der Waals surface area contributed by atoms with Gasteiger partial charge in [0.05, 0.1) is 17.9 Å². The Kier molecular flexibility index (Phi) is 3.66. The average molecular weight is 249 g/mol. The summed E-state index contributed by atoms with van der Waals surface area (Å²) in [6, 6.07) is 3.56. The van der Waals surface area contributed by atoms with E-state index in [2.05, 4.69) is 14.8 Å². The minimum absolute atomic E-state index is 0.202. The first kappa shape index (κ1) is 12.6. The van der Waals surface area contributed by atoms with E-state index >= 15 is 0 Å². The Morgan fingerprint density at radius 2 is 2.00 bits per heavy atom. The Hall–Kier alpha value is -1.82. The van der Waals surface area contributed by atoms with Crippen LogP contribution in [0.2, 0.25) is 0 Å². The van der Waals surface area contributed by atoms with Crippen molar-refractivity contribution in [1.82, 2.24) is 9.88 Å². The lowest BCUT2D eigenvalue weighted by atomic mass is 10.2. The zero-order valence-electron chi connectivity index (χ0n) is 10.5. The second-order valence-electron chi connectivity index (χ2n) is 4.55. The number of rotatable bonds is 3. The molecular formula is C12H19N5O. The van der Waals surface area contributed by atoms with Crippen LogP contribution in [-0.4, -0.2) is 48.0 Å². The molecule has 6 heteroatoms. The number of pyridine rings is 1. The number of hydrogen-bond donors (Lipinski definition) is 2. The Bertz CT molecular complexity index is 411. The van der Waals surface area contributed by atoms with E-state index in [0.717, 1.165) is 32.0 Å². The highest BCUT2D eigenvalue weighted by Gasteiger charge is 2.24. The minimum atomic E-state index is -0.269. The number of nitrogen functional groups attached to an aromatic ring is 1. The van der Waals surface area contributed by atoms with Crippen LogP contribution in [0.15, 0.2) is 18.3 Å². The van der Waals surface area contributed by atoms with E-state index < -0.39 is 0 Å². The van der Waals surface area contributed by atoms with Crippen LogP contribution in [0.4, 0.5) is 11.5 Å². The highest BCUT2D eigenvalue weighted by atomic mass is 16.1. The van der Waals surface area contributed by atoms with Gasteiger partial charge in [0.1, 0.15) is 5.82 Å².